The molecule has 1 aliphatic carbocycles. The number of hydrogen-bond acceptors (Lipinski definition) is 6. The van der Waals surface area contributed by atoms with Crippen molar-refractivity contribution in [1.82, 2.24) is 4.98 Å². The number of aromatic nitrogens is 1. The van der Waals surface area contributed by atoms with Crippen molar-refractivity contribution in [3.05, 3.63) is 42.5 Å². The van der Waals surface area contributed by atoms with Crippen LogP contribution in [0.15, 0.2) is 42.5 Å². The second-order valence-electron chi connectivity index (χ2n) is 7.08. The van der Waals surface area contributed by atoms with E-state index >= 15 is 0 Å². The number of nitrogens with zero attached hydrogens (tertiary/aromatic N) is 1. The lowest BCUT2D eigenvalue weighted by atomic mass is 9.87. The van der Waals surface area contributed by atoms with Gasteiger partial charge in [0.05, 0.1) is 32.5 Å². The largest absolute Gasteiger partial charge is 0.497 e. The second-order valence-corrected chi connectivity index (χ2v) is 7.08. The molecule has 0 saturated heterocycles. The summed E-state index contributed by atoms with van der Waals surface area (Å²) in [6, 6.07) is 14.5. The fourth-order valence-corrected chi connectivity index (χ4v) is 3.58. The summed E-state index contributed by atoms with van der Waals surface area (Å²) in [7, 11) is 4.93. The number of hydrogen-bond donors (Lipinski definition) is 2. The number of anilines is 1. The molecule has 28 heavy (non-hydrogen) atoms. The molecule has 6 heteroatoms. The maximum atomic E-state index is 5.97. The van der Waals surface area contributed by atoms with Crippen molar-refractivity contribution in [1.29, 1.82) is 0 Å². The molecule has 6 nitrogen and oxygen atoms in total. The van der Waals surface area contributed by atoms with Gasteiger partial charge in [0.1, 0.15) is 5.75 Å². The summed E-state index contributed by atoms with van der Waals surface area (Å²) in [5.41, 5.74) is 9.73. The zero-order valence-corrected chi connectivity index (χ0v) is 16.4. The number of rotatable bonds is 6. The lowest BCUT2D eigenvalue weighted by molar-refractivity contribution is 0.355. The van der Waals surface area contributed by atoms with Gasteiger partial charge in [-0.3, -0.25) is 0 Å². The van der Waals surface area contributed by atoms with Crippen LogP contribution in [-0.2, 0) is 0 Å². The highest BCUT2D eigenvalue weighted by Crippen LogP contribution is 2.38. The molecule has 2 aromatic carbocycles. The van der Waals surface area contributed by atoms with Crippen LogP contribution < -0.4 is 25.3 Å². The highest BCUT2D eigenvalue weighted by Gasteiger charge is 2.26. The molecule has 3 N–H and O–H groups in total. The van der Waals surface area contributed by atoms with E-state index in [9.17, 15) is 0 Å². The molecule has 4 rings (SSSR count). The number of nitrogens with one attached hydrogen (secondary N) is 1. The third-order valence-electron chi connectivity index (χ3n) is 5.23. The predicted molar refractivity (Wildman–Crippen MR) is 111 cm³/mol. The third kappa shape index (κ3) is 3.43. The van der Waals surface area contributed by atoms with Gasteiger partial charge < -0.3 is 25.3 Å². The Kier molecular flexibility index (Phi) is 4.96. The van der Waals surface area contributed by atoms with Gasteiger partial charge in [0, 0.05) is 34.8 Å². The highest BCUT2D eigenvalue weighted by molar-refractivity contribution is 5.96. The van der Waals surface area contributed by atoms with Gasteiger partial charge in [-0.1, -0.05) is 0 Å². The van der Waals surface area contributed by atoms with Gasteiger partial charge in [0.25, 0.3) is 0 Å². The first-order valence-corrected chi connectivity index (χ1v) is 9.34. The third-order valence-corrected chi connectivity index (χ3v) is 5.23. The molecule has 0 atom stereocenters. The van der Waals surface area contributed by atoms with Crippen LogP contribution in [0.5, 0.6) is 17.2 Å². The molecule has 1 heterocycles. The van der Waals surface area contributed by atoms with E-state index in [0.717, 1.165) is 46.4 Å². The van der Waals surface area contributed by atoms with Crippen molar-refractivity contribution in [2.24, 2.45) is 5.73 Å². The Balaban J connectivity index is 1.83. The van der Waals surface area contributed by atoms with E-state index in [1.807, 2.05) is 36.4 Å². The standard InChI is InChI=1S/C22H25N3O3/c1-26-16-6-4-13(5-7-16)18-11-19(24-15-8-14(23)9-15)17-10-21(27-2)22(28-3)12-20(17)25-18/h4-7,10-12,14-15H,8-9,23H2,1-3H3,(H,24,25)/t14-,15-. The minimum absolute atomic E-state index is 0.279. The summed E-state index contributed by atoms with van der Waals surface area (Å²) in [6.07, 6.45) is 1.93. The number of benzene rings is 2. The zero-order chi connectivity index (χ0) is 19.7. The Morgan fingerprint density at radius 2 is 1.61 bits per heavy atom. The second kappa shape index (κ2) is 7.56. The van der Waals surface area contributed by atoms with Crippen molar-refractivity contribution >= 4 is 16.6 Å². The molecule has 0 radical (unpaired) electrons. The van der Waals surface area contributed by atoms with E-state index in [2.05, 4.69) is 11.4 Å². The topological polar surface area (TPSA) is 78.6 Å². The minimum Gasteiger partial charge on any atom is -0.497 e. The number of pyridine rings is 1. The molecule has 3 aromatic rings. The lowest BCUT2D eigenvalue weighted by Gasteiger charge is -2.34. The fourth-order valence-electron chi connectivity index (χ4n) is 3.58. The smallest absolute Gasteiger partial charge is 0.162 e. The predicted octanol–water partition coefficient (Wildman–Crippen LogP) is 3.83. The van der Waals surface area contributed by atoms with E-state index in [4.69, 9.17) is 24.9 Å². The molecule has 146 valence electrons. The van der Waals surface area contributed by atoms with Gasteiger partial charge >= 0.3 is 0 Å². The van der Waals surface area contributed by atoms with Crippen molar-refractivity contribution in [3.8, 4) is 28.5 Å². The van der Waals surface area contributed by atoms with Gasteiger partial charge in [0.15, 0.2) is 11.5 Å². The molecule has 1 fully saturated rings. The van der Waals surface area contributed by atoms with Gasteiger partial charge in [-0.2, -0.15) is 0 Å². The Morgan fingerprint density at radius 1 is 0.929 bits per heavy atom. The van der Waals surface area contributed by atoms with Crippen LogP contribution in [0.4, 0.5) is 5.69 Å². The molecular formula is C22H25N3O3. The fraction of sp³-hybridized carbons (Fsp3) is 0.318. The van der Waals surface area contributed by atoms with Crippen LogP contribution in [-0.4, -0.2) is 38.4 Å². The van der Waals surface area contributed by atoms with Gasteiger partial charge in [-0.25, -0.2) is 4.98 Å². The quantitative estimate of drug-likeness (QED) is 0.678. The summed E-state index contributed by atoms with van der Waals surface area (Å²) in [5.74, 6) is 2.16. The number of nitrogens with two attached hydrogens (primary N) is 1. The van der Waals surface area contributed by atoms with Crippen LogP contribution in [0, 0.1) is 0 Å². The summed E-state index contributed by atoms with van der Waals surface area (Å²) >= 11 is 0. The Morgan fingerprint density at radius 3 is 2.21 bits per heavy atom. The van der Waals surface area contributed by atoms with Gasteiger partial charge in [-0.05, 0) is 49.2 Å². The first kappa shape index (κ1) is 18.4. The normalized spacial score (nSPS) is 18.4. The van der Waals surface area contributed by atoms with E-state index in [0.29, 0.717) is 17.5 Å². The molecular weight excluding hydrogens is 354 g/mol. The SMILES string of the molecule is COc1ccc(-c2cc(N[C@H]3C[C@H](N)C3)c3cc(OC)c(OC)cc3n2)cc1. The Hall–Kier alpha value is -2.99. The van der Waals surface area contributed by atoms with Gasteiger partial charge in [0.2, 0.25) is 0 Å². The Labute approximate surface area is 164 Å². The zero-order valence-electron chi connectivity index (χ0n) is 16.4. The number of methoxy groups -OCH3 is 3. The van der Waals surface area contributed by atoms with Gasteiger partial charge in [-0.15, -0.1) is 0 Å². The summed E-state index contributed by atoms with van der Waals surface area (Å²) < 4.78 is 16.2. The van der Waals surface area contributed by atoms with E-state index in [-0.39, 0.29) is 6.04 Å². The molecule has 0 unspecified atom stereocenters. The van der Waals surface area contributed by atoms with E-state index < -0.39 is 0 Å². The monoisotopic (exact) mass is 379 g/mol. The Bertz CT molecular complexity index is 982. The molecule has 1 aliphatic rings. The van der Waals surface area contributed by atoms with E-state index in [1.54, 1.807) is 21.3 Å². The highest BCUT2D eigenvalue weighted by atomic mass is 16.5. The average molecular weight is 379 g/mol. The van der Waals surface area contributed by atoms with Crippen molar-refractivity contribution < 1.29 is 14.2 Å². The van der Waals surface area contributed by atoms with Crippen LogP contribution >= 0.6 is 0 Å². The molecule has 1 saturated carbocycles. The maximum Gasteiger partial charge on any atom is 0.162 e. The van der Waals surface area contributed by atoms with Crippen molar-refractivity contribution in [2.75, 3.05) is 26.6 Å². The average Bonchev–Trinajstić information content (AvgIpc) is 2.71. The first-order chi connectivity index (χ1) is 13.6. The van der Waals surface area contributed by atoms with Crippen molar-refractivity contribution in [2.45, 2.75) is 24.9 Å². The first-order valence-electron chi connectivity index (χ1n) is 9.34. The van der Waals surface area contributed by atoms with Crippen LogP contribution in [0.1, 0.15) is 12.8 Å². The number of ether oxygens (including phenoxy) is 3. The minimum atomic E-state index is 0.279. The summed E-state index contributed by atoms with van der Waals surface area (Å²) in [4.78, 5) is 4.87. The summed E-state index contributed by atoms with van der Waals surface area (Å²) in [6.45, 7) is 0. The lowest BCUT2D eigenvalue weighted by Crippen LogP contribution is -2.44. The van der Waals surface area contributed by atoms with Crippen LogP contribution in [0.3, 0.4) is 0 Å². The van der Waals surface area contributed by atoms with Crippen LogP contribution in [0.25, 0.3) is 22.2 Å². The number of fused-ring (bicyclic) bond motifs is 1. The summed E-state index contributed by atoms with van der Waals surface area (Å²) in [5, 5.41) is 4.63. The van der Waals surface area contributed by atoms with Crippen molar-refractivity contribution in [3.63, 3.8) is 0 Å². The maximum absolute atomic E-state index is 5.97. The molecule has 0 amide bonds. The van der Waals surface area contributed by atoms with Crippen LogP contribution in [0.2, 0.25) is 0 Å². The van der Waals surface area contributed by atoms with E-state index in [1.165, 1.54) is 0 Å². The molecule has 1 aromatic heterocycles. The molecule has 0 aliphatic heterocycles. The molecule has 0 spiro atoms. The molecule has 0 bridgehead atoms.